The van der Waals surface area contributed by atoms with E-state index in [0.29, 0.717) is 6.61 Å². The number of hydrogen-bond donors (Lipinski definition) is 0. The summed E-state index contributed by atoms with van der Waals surface area (Å²) in [6.07, 6.45) is 9.82. The lowest BCUT2D eigenvalue weighted by Gasteiger charge is -2.41. The molecule has 0 unspecified atom stereocenters. The number of nitrogens with zero attached hydrogens (tertiary/aromatic N) is 3. The van der Waals surface area contributed by atoms with Crippen LogP contribution in [0.3, 0.4) is 0 Å². The number of piperazine rings is 1. The summed E-state index contributed by atoms with van der Waals surface area (Å²) < 4.78 is 5.73. The fourth-order valence-corrected chi connectivity index (χ4v) is 3.89. The lowest BCUT2D eigenvalue weighted by Crippen LogP contribution is -3.00. The van der Waals surface area contributed by atoms with Crippen LogP contribution in [0.25, 0.3) is 0 Å². The minimum atomic E-state index is -0.383. The molecule has 1 heterocycles. The van der Waals surface area contributed by atoms with Crippen molar-refractivity contribution in [2.45, 2.75) is 52.0 Å². The normalized spacial score (nSPS) is 15.2. The molecule has 0 saturated carbocycles. The minimum absolute atomic E-state index is 0. The molecule has 1 saturated heterocycles. The van der Waals surface area contributed by atoms with Crippen LogP contribution >= 0.6 is 0 Å². The van der Waals surface area contributed by atoms with Gasteiger partial charge in [0.25, 0.3) is 5.69 Å². The highest BCUT2D eigenvalue weighted by Gasteiger charge is 2.30. The summed E-state index contributed by atoms with van der Waals surface area (Å²) >= 11 is 0. The zero-order valence-corrected chi connectivity index (χ0v) is 21.3. The van der Waals surface area contributed by atoms with Gasteiger partial charge < -0.3 is 31.1 Å². The van der Waals surface area contributed by atoms with Crippen LogP contribution in [0.1, 0.15) is 51.0 Å². The molecule has 33 heavy (non-hydrogen) atoms. The second kappa shape index (κ2) is 14.8. The Morgan fingerprint density at radius 3 is 2.30 bits per heavy atom. The average Bonchev–Trinajstić information content (AvgIpc) is 2.75. The van der Waals surface area contributed by atoms with Crippen LogP contribution in [0, 0.1) is 10.1 Å². The first-order valence-corrected chi connectivity index (χ1v) is 11.4. The van der Waals surface area contributed by atoms with Gasteiger partial charge in [-0.2, -0.15) is 0 Å². The minimum Gasteiger partial charge on any atom is -1.00 e. The van der Waals surface area contributed by atoms with Gasteiger partial charge in [0.05, 0.1) is 44.8 Å². The van der Waals surface area contributed by atoms with Gasteiger partial charge in [-0.25, -0.2) is 0 Å². The van der Waals surface area contributed by atoms with E-state index in [1.54, 1.807) is 18.2 Å². The van der Waals surface area contributed by atoms with E-state index in [4.69, 9.17) is 4.74 Å². The maximum atomic E-state index is 12.5. The maximum Gasteiger partial charge on any atom is 0.302 e. The van der Waals surface area contributed by atoms with Crippen LogP contribution < -0.4 is 17.0 Å². The van der Waals surface area contributed by atoms with E-state index < -0.39 is 0 Å². The van der Waals surface area contributed by atoms with Crippen LogP contribution in [-0.4, -0.2) is 66.0 Å². The van der Waals surface area contributed by atoms with E-state index in [1.807, 2.05) is 23.1 Å². The van der Waals surface area contributed by atoms with Crippen LogP contribution in [-0.2, 0) is 20.9 Å². The van der Waals surface area contributed by atoms with Gasteiger partial charge in [-0.1, -0.05) is 25.3 Å². The molecule has 8 nitrogen and oxygen atoms in total. The van der Waals surface area contributed by atoms with Gasteiger partial charge in [-0.3, -0.25) is 19.7 Å². The molecular formula is C24H36BrN3O5. The van der Waals surface area contributed by atoms with Gasteiger partial charge in [0.1, 0.15) is 6.54 Å². The van der Waals surface area contributed by atoms with Crippen LogP contribution in [0.15, 0.2) is 36.4 Å². The molecule has 1 fully saturated rings. The molecule has 0 spiro atoms. The van der Waals surface area contributed by atoms with E-state index in [1.165, 1.54) is 6.92 Å². The van der Waals surface area contributed by atoms with Gasteiger partial charge in [-0.05, 0) is 37.5 Å². The summed E-state index contributed by atoms with van der Waals surface area (Å²) in [6.45, 7) is 5.90. The molecule has 0 N–H and O–H groups in total. The van der Waals surface area contributed by atoms with Gasteiger partial charge in [0, 0.05) is 24.6 Å². The fourth-order valence-electron chi connectivity index (χ4n) is 3.89. The van der Waals surface area contributed by atoms with Crippen molar-refractivity contribution in [3.05, 3.63) is 52.1 Å². The number of carbonyl (C=O) groups excluding carboxylic acids is 2. The number of rotatable bonds is 12. The van der Waals surface area contributed by atoms with Crippen LogP contribution in [0.5, 0.6) is 0 Å². The number of halogens is 1. The smallest absolute Gasteiger partial charge is 0.302 e. The Balaban J connectivity index is 0.00000544. The number of amides is 1. The van der Waals surface area contributed by atoms with E-state index in [9.17, 15) is 19.7 Å². The number of esters is 1. The molecule has 9 heteroatoms. The number of likely N-dealkylation sites (N-methyl/N-ethyl adjacent to an activating group) is 1. The van der Waals surface area contributed by atoms with Gasteiger partial charge >= 0.3 is 5.97 Å². The molecule has 184 valence electrons. The monoisotopic (exact) mass is 525 g/mol. The topological polar surface area (TPSA) is 89.8 Å². The number of allylic oxidation sites excluding steroid dienone is 1. The Morgan fingerprint density at radius 2 is 1.70 bits per heavy atom. The van der Waals surface area contributed by atoms with Crippen molar-refractivity contribution in [1.29, 1.82) is 0 Å². The van der Waals surface area contributed by atoms with Crippen LogP contribution in [0.4, 0.5) is 5.69 Å². The summed E-state index contributed by atoms with van der Waals surface area (Å²) in [5, 5.41) is 10.8. The second-order valence-electron chi connectivity index (χ2n) is 8.77. The average molecular weight is 526 g/mol. The Hall–Kier alpha value is -2.26. The van der Waals surface area contributed by atoms with Crippen molar-refractivity contribution in [2.75, 3.05) is 39.8 Å². The predicted molar refractivity (Wildman–Crippen MR) is 123 cm³/mol. The summed E-state index contributed by atoms with van der Waals surface area (Å²) in [4.78, 5) is 35.5. The highest BCUT2D eigenvalue weighted by atomic mass is 79.9. The zero-order chi connectivity index (χ0) is 23.4. The number of non-ortho nitro benzene ring substituents is 1. The van der Waals surface area contributed by atoms with Crippen molar-refractivity contribution in [1.82, 2.24) is 4.90 Å². The standard InChI is InChI=1S/C24H36N3O5.BrH/c1-21(28)32-19-9-7-5-3-4-6-8-10-24(29)25-15-17-27(2,18-16-25)20-22-11-13-23(14-12-22)26(30)31;/h8,10-14H,3-7,9,15-20H2,1-2H3;1H/q+1;/p-1/b10-8+;. The SMILES string of the molecule is CC(=O)OCCCCCCC/C=C/C(=O)N1CC[N+](C)(Cc2ccc([N+](=O)[O-])cc2)CC1.[Br-]. The first-order valence-electron chi connectivity index (χ1n) is 11.4. The summed E-state index contributed by atoms with van der Waals surface area (Å²) in [6, 6.07) is 6.74. The quantitative estimate of drug-likeness (QED) is 0.101. The number of nitro groups is 1. The lowest BCUT2D eigenvalue weighted by atomic mass is 10.1. The molecule has 1 aromatic rings. The third-order valence-corrected chi connectivity index (χ3v) is 5.92. The van der Waals surface area contributed by atoms with Gasteiger partial charge in [0.15, 0.2) is 0 Å². The van der Waals surface area contributed by atoms with E-state index in [0.717, 1.165) is 81.3 Å². The third kappa shape index (κ3) is 10.9. The highest BCUT2D eigenvalue weighted by Crippen LogP contribution is 2.19. The number of hydrogen-bond acceptors (Lipinski definition) is 5. The van der Waals surface area contributed by atoms with Gasteiger partial charge in [-0.15, -0.1) is 0 Å². The fraction of sp³-hybridized carbons (Fsp3) is 0.583. The van der Waals surface area contributed by atoms with Crippen molar-refractivity contribution >= 4 is 17.6 Å². The lowest BCUT2D eigenvalue weighted by molar-refractivity contribution is -0.926. The van der Waals surface area contributed by atoms with Gasteiger partial charge in [0.2, 0.25) is 5.91 Å². The zero-order valence-electron chi connectivity index (χ0n) is 19.7. The molecule has 0 aromatic heterocycles. The van der Waals surface area contributed by atoms with Crippen molar-refractivity contribution < 1.29 is 40.7 Å². The Morgan fingerprint density at radius 1 is 1.09 bits per heavy atom. The largest absolute Gasteiger partial charge is 1.00 e. The third-order valence-electron chi connectivity index (χ3n) is 5.92. The van der Waals surface area contributed by atoms with Crippen molar-refractivity contribution in [3.8, 4) is 0 Å². The molecule has 1 amide bonds. The second-order valence-corrected chi connectivity index (χ2v) is 8.77. The van der Waals surface area contributed by atoms with E-state index in [-0.39, 0.29) is 39.5 Å². The predicted octanol–water partition coefficient (Wildman–Crippen LogP) is 0.848. The molecule has 1 aromatic carbocycles. The molecule has 0 bridgehead atoms. The Labute approximate surface area is 207 Å². The number of nitro benzene ring substituents is 1. The molecule has 1 aliphatic heterocycles. The first kappa shape index (κ1) is 28.8. The number of unbranched alkanes of at least 4 members (excludes halogenated alkanes) is 5. The molecule has 2 rings (SSSR count). The molecule has 0 aliphatic carbocycles. The van der Waals surface area contributed by atoms with Crippen molar-refractivity contribution in [2.24, 2.45) is 0 Å². The maximum absolute atomic E-state index is 12.5. The number of ether oxygens (including phenoxy) is 1. The van der Waals surface area contributed by atoms with Crippen molar-refractivity contribution in [3.63, 3.8) is 0 Å². The molecule has 1 aliphatic rings. The Kier molecular flexibility index (Phi) is 12.9. The number of quaternary nitrogens is 1. The summed E-state index contributed by atoms with van der Waals surface area (Å²) in [5.41, 5.74) is 1.18. The number of carbonyl (C=O) groups is 2. The molecule has 0 atom stereocenters. The van der Waals surface area contributed by atoms with Crippen LogP contribution in [0.2, 0.25) is 0 Å². The highest BCUT2D eigenvalue weighted by molar-refractivity contribution is 5.87. The molecular weight excluding hydrogens is 490 g/mol. The molecule has 0 radical (unpaired) electrons. The first-order chi connectivity index (χ1) is 15.3. The summed E-state index contributed by atoms with van der Waals surface area (Å²) in [7, 11) is 2.17. The van der Waals surface area contributed by atoms with E-state index in [2.05, 4.69) is 7.05 Å². The van der Waals surface area contributed by atoms with E-state index >= 15 is 0 Å². The number of benzene rings is 1. The summed E-state index contributed by atoms with van der Waals surface area (Å²) in [5.74, 6) is -0.144. The Bertz CT molecular complexity index is 790.